The van der Waals surface area contributed by atoms with Crippen molar-refractivity contribution in [3.63, 3.8) is 0 Å². The maximum Gasteiger partial charge on any atom is 0.229 e. The summed E-state index contributed by atoms with van der Waals surface area (Å²) in [5.41, 5.74) is 4.49. The van der Waals surface area contributed by atoms with Gasteiger partial charge in [0.05, 0.1) is 6.42 Å². The molecule has 108 valence electrons. The molecule has 1 heterocycles. The molecule has 0 unspecified atom stereocenters. The largest absolute Gasteiger partial charge is 0.310 e. The Labute approximate surface area is 124 Å². The normalized spacial score (nSPS) is 13.0. The van der Waals surface area contributed by atoms with Gasteiger partial charge in [0.1, 0.15) is 12.1 Å². The number of anilines is 1. The summed E-state index contributed by atoms with van der Waals surface area (Å²) >= 11 is 0. The third-order valence-electron chi connectivity index (χ3n) is 3.93. The zero-order valence-corrected chi connectivity index (χ0v) is 12.2. The van der Waals surface area contributed by atoms with Crippen molar-refractivity contribution in [3.8, 4) is 0 Å². The zero-order valence-electron chi connectivity index (χ0n) is 12.2. The smallest absolute Gasteiger partial charge is 0.229 e. The number of benzene rings is 1. The first-order valence-corrected chi connectivity index (χ1v) is 7.46. The van der Waals surface area contributed by atoms with Crippen LogP contribution in [0, 0.1) is 0 Å². The quantitative estimate of drug-likeness (QED) is 0.937. The van der Waals surface area contributed by atoms with Gasteiger partial charge in [0.25, 0.3) is 0 Å². The molecule has 2 aromatic rings. The topological polar surface area (TPSA) is 54.9 Å². The molecule has 21 heavy (non-hydrogen) atoms. The molecule has 1 aromatic carbocycles. The number of nitrogens with zero attached hydrogens (tertiary/aromatic N) is 2. The standard InChI is InChI=1S/C17H19N3O/c1-2-12-6-8-13(9-7-12)10-16(21)20-17-14-4-3-5-15(14)18-11-19-17/h6-9,11H,2-5,10H2,1H3,(H,18,19,20,21). The predicted octanol–water partition coefficient (Wildman–Crippen LogP) is 2.71. The number of aromatic nitrogens is 2. The van der Waals surface area contributed by atoms with E-state index in [0.717, 1.165) is 42.5 Å². The maximum atomic E-state index is 12.2. The maximum absolute atomic E-state index is 12.2. The lowest BCUT2D eigenvalue weighted by Crippen LogP contribution is -2.17. The van der Waals surface area contributed by atoms with E-state index in [4.69, 9.17) is 0 Å². The second kappa shape index (κ2) is 6.04. The van der Waals surface area contributed by atoms with Gasteiger partial charge in [-0.15, -0.1) is 0 Å². The van der Waals surface area contributed by atoms with Crippen molar-refractivity contribution < 1.29 is 4.79 Å². The molecule has 0 atom stereocenters. The summed E-state index contributed by atoms with van der Waals surface area (Å²) in [7, 11) is 0. The number of nitrogens with one attached hydrogen (secondary N) is 1. The summed E-state index contributed by atoms with van der Waals surface area (Å²) in [5.74, 6) is 0.666. The van der Waals surface area contributed by atoms with Crippen LogP contribution in [-0.2, 0) is 30.5 Å². The van der Waals surface area contributed by atoms with Gasteiger partial charge in [0.2, 0.25) is 5.91 Å². The van der Waals surface area contributed by atoms with Crippen molar-refractivity contribution in [2.45, 2.75) is 39.0 Å². The second-order valence-corrected chi connectivity index (χ2v) is 5.40. The average molecular weight is 281 g/mol. The molecule has 1 aromatic heterocycles. The van der Waals surface area contributed by atoms with Gasteiger partial charge in [0.15, 0.2) is 0 Å². The van der Waals surface area contributed by atoms with Gasteiger partial charge in [0, 0.05) is 11.3 Å². The molecule has 1 aliphatic rings. The Kier molecular flexibility index (Phi) is 3.95. The molecule has 0 radical (unpaired) electrons. The summed E-state index contributed by atoms with van der Waals surface area (Å²) in [5, 5.41) is 2.93. The number of rotatable bonds is 4. The minimum atomic E-state index is -0.0213. The van der Waals surface area contributed by atoms with Gasteiger partial charge in [-0.1, -0.05) is 31.2 Å². The summed E-state index contributed by atoms with van der Waals surface area (Å²) < 4.78 is 0. The van der Waals surface area contributed by atoms with Crippen molar-refractivity contribution in [1.82, 2.24) is 9.97 Å². The first-order valence-electron chi connectivity index (χ1n) is 7.46. The van der Waals surface area contributed by atoms with Crippen LogP contribution in [0.1, 0.15) is 35.7 Å². The molecule has 0 fully saturated rings. The lowest BCUT2D eigenvalue weighted by Gasteiger charge is -2.08. The summed E-state index contributed by atoms with van der Waals surface area (Å²) in [6.07, 6.45) is 5.96. The molecule has 4 heteroatoms. The molecule has 0 spiro atoms. The van der Waals surface area contributed by atoms with Crippen LogP contribution in [0.4, 0.5) is 5.82 Å². The van der Waals surface area contributed by atoms with Gasteiger partial charge in [-0.2, -0.15) is 0 Å². The highest BCUT2D eigenvalue weighted by Gasteiger charge is 2.18. The molecular formula is C17H19N3O. The Bertz CT molecular complexity index is 650. The van der Waals surface area contributed by atoms with Crippen molar-refractivity contribution in [3.05, 3.63) is 53.0 Å². The molecule has 1 aliphatic carbocycles. The third-order valence-corrected chi connectivity index (χ3v) is 3.93. The van der Waals surface area contributed by atoms with Crippen molar-refractivity contribution >= 4 is 11.7 Å². The van der Waals surface area contributed by atoms with E-state index in [2.05, 4.69) is 34.3 Å². The molecule has 0 bridgehead atoms. The number of hydrogen-bond acceptors (Lipinski definition) is 3. The Morgan fingerprint density at radius 3 is 2.67 bits per heavy atom. The van der Waals surface area contributed by atoms with Crippen LogP contribution < -0.4 is 5.32 Å². The number of carbonyl (C=O) groups excluding carboxylic acids is 1. The van der Waals surface area contributed by atoms with Crippen LogP contribution in [0.5, 0.6) is 0 Å². The van der Waals surface area contributed by atoms with Gasteiger partial charge in [-0.05, 0) is 36.8 Å². The van der Waals surface area contributed by atoms with Crippen molar-refractivity contribution in [1.29, 1.82) is 0 Å². The van der Waals surface area contributed by atoms with Crippen LogP contribution in [-0.4, -0.2) is 15.9 Å². The van der Waals surface area contributed by atoms with E-state index in [1.54, 1.807) is 0 Å². The summed E-state index contributed by atoms with van der Waals surface area (Å²) in [6.45, 7) is 2.12. The molecular weight excluding hydrogens is 262 g/mol. The highest BCUT2D eigenvalue weighted by Crippen LogP contribution is 2.25. The van der Waals surface area contributed by atoms with Gasteiger partial charge in [-0.25, -0.2) is 9.97 Å². The van der Waals surface area contributed by atoms with Crippen molar-refractivity contribution in [2.24, 2.45) is 0 Å². The minimum absolute atomic E-state index is 0.0213. The highest BCUT2D eigenvalue weighted by molar-refractivity contribution is 5.92. The van der Waals surface area contributed by atoms with Crippen molar-refractivity contribution in [2.75, 3.05) is 5.32 Å². The summed E-state index contributed by atoms with van der Waals surface area (Å²) in [4.78, 5) is 20.6. The Morgan fingerprint density at radius 2 is 1.90 bits per heavy atom. The lowest BCUT2D eigenvalue weighted by atomic mass is 10.1. The van der Waals surface area contributed by atoms with E-state index < -0.39 is 0 Å². The first-order chi connectivity index (χ1) is 10.3. The van der Waals surface area contributed by atoms with E-state index in [-0.39, 0.29) is 5.91 Å². The van der Waals surface area contributed by atoms with Gasteiger partial charge < -0.3 is 5.32 Å². The van der Waals surface area contributed by atoms with E-state index in [9.17, 15) is 4.79 Å². The van der Waals surface area contributed by atoms with Crippen LogP contribution in [0.2, 0.25) is 0 Å². The number of aryl methyl sites for hydroxylation is 2. The number of amides is 1. The first kappa shape index (κ1) is 13.7. The SMILES string of the molecule is CCc1ccc(CC(=O)Nc2ncnc3c2CCC3)cc1. The monoisotopic (exact) mass is 281 g/mol. The molecule has 0 saturated heterocycles. The Morgan fingerprint density at radius 1 is 1.14 bits per heavy atom. The second-order valence-electron chi connectivity index (χ2n) is 5.40. The van der Waals surface area contributed by atoms with Crippen LogP contribution >= 0.6 is 0 Å². The van der Waals surface area contributed by atoms with Crippen LogP contribution in [0.3, 0.4) is 0 Å². The Hall–Kier alpha value is -2.23. The molecule has 0 aliphatic heterocycles. The fraction of sp³-hybridized carbons (Fsp3) is 0.353. The molecule has 3 rings (SSSR count). The Balaban J connectivity index is 1.68. The highest BCUT2D eigenvalue weighted by atomic mass is 16.1. The number of fused-ring (bicyclic) bond motifs is 1. The van der Waals surface area contributed by atoms with Crippen LogP contribution in [0.25, 0.3) is 0 Å². The lowest BCUT2D eigenvalue weighted by molar-refractivity contribution is -0.115. The average Bonchev–Trinajstić information content (AvgIpc) is 2.97. The fourth-order valence-electron chi connectivity index (χ4n) is 2.72. The number of carbonyl (C=O) groups is 1. The minimum Gasteiger partial charge on any atom is -0.310 e. The fourth-order valence-corrected chi connectivity index (χ4v) is 2.72. The van der Waals surface area contributed by atoms with E-state index in [0.29, 0.717) is 12.2 Å². The van der Waals surface area contributed by atoms with E-state index >= 15 is 0 Å². The molecule has 0 saturated carbocycles. The molecule has 1 N–H and O–H groups in total. The van der Waals surface area contributed by atoms with E-state index in [1.807, 2.05) is 12.1 Å². The third kappa shape index (κ3) is 3.10. The number of hydrogen-bond donors (Lipinski definition) is 1. The predicted molar refractivity (Wildman–Crippen MR) is 82.2 cm³/mol. The van der Waals surface area contributed by atoms with E-state index in [1.165, 1.54) is 11.9 Å². The summed E-state index contributed by atoms with van der Waals surface area (Å²) in [6, 6.07) is 8.18. The van der Waals surface area contributed by atoms with Crippen LogP contribution in [0.15, 0.2) is 30.6 Å². The molecule has 1 amide bonds. The van der Waals surface area contributed by atoms with Gasteiger partial charge in [-0.3, -0.25) is 4.79 Å². The molecule has 4 nitrogen and oxygen atoms in total. The van der Waals surface area contributed by atoms with Gasteiger partial charge >= 0.3 is 0 Å². The zero-order chi connectivity index (χ0) is 14.7.